The summed E-state index contributed by atoms with van der Waals surface area (Å²) in [6.07, 6.45) is 0. The third-order valence-corrected chi connectivity index (χ3v) is 4.51. The Labute approximate surface area is 196 Å². The number of carbonyl (C=O) groups is 1. The third kappa shape index (κ3) is 7.73. The van der Waals surface area contributed by atoms with Gasteiger partial charge < -0.3 is 25.4 Å². The first-order valence-corrected chi connectivity index (χ1v) is 9.47. The van der Waals surface area contributed by atoms with Gasteiger partial charge in [0.2, 0.25) is 5.91 Å². The average Bonchev–Trinajstić information content (AvgIpc) is 2.70. The van der Waals surface area contributed by atoms with Crippen LogP contribution < -0.4 is 25.4 Å². The Balaban J connectivity index is 0.00000420. The largest absolute Gasteiger partial charge is 0.493 e. The molecular weight excluding hydrogens is 551 g/mol. The monoisotopic (exact) mass is 576 g/mol. The number of aryl methyl sites for hydroxylation is 1. The van der Waals surface area contributed by atoms with Gasteiger partial charge in [-0.2, -0.15) is 0 Å². The summed E-state index contributed by atoms with van der Waals surface area (Å²) in [7, 11) is 4.85. The molecule has 0 spiro atoms. The number of benzene rings is 2. The molecule has 0 saturated carbocycles. The molecule has 0 radical (unpaired) electrons. The van der Waals surface area contributed by atoms with E-state index in [4.69, 9.17) is 9.47 Å². The zero-order valence-electron chi connectivity index (χ0n) is 16.8. The minimum atomic E-state index is -0.157. The summed E-state index contributed by atoms with van der Waals surface area (Å²) in [5, 5.41) is 9.06. The van der Waals surface area contributed by atoms with Crippen molar-refractivity contribution in [2.45, 2.75) is 13.5 Å². The molecule has 0 unspecified atom stereocenters. The van der Waals surface area contributed by atoms with Crippen molar-refractivity contribution >= 4 is 57.5 Å². The number of nitrogens with zero attached hydrogens (tertiary/aromatic N) is 1. The Hall–Kier alpha value is -2.01. The minimum Gasteiger partial charge on any atom is -0.493 e. The summed E-state index contributed by atoms with van der Waals surface area (Å²) in [5.41, 5.74) is 2.76. The van der Waals surface area contributed by atoms with E-state index in [0.717, 1.165) is 21.3 Å². The zero-order valence-corrected chi connectivity index (χ0v) is 20.8. The second-order valence-electron chi connectivity index (χ2n) is 5.98. The first-order chi connectivity index (χ1) is 13.5. The Morgan fingerprint density at radius 2 is 1.79 bits per heavy atom. The Kier molecular flexibility index (Phi) is 10.8. The summed E-state index contributed by atoms with van der Waals surface area (Å²) >= 11 is 3.41. The molecule has 0 aliphatic heterocycles. The average molecular weight is 577 g/mol. The van der Waals surface area contributed by atoms with Crippen LogP contribution in [0, 0.1) is 6.92 Å². The topological polar surface area (TPSA) is 84.0 Å². The highest BCUT2D eigenvalue weighted by Gasteiger charge is 2.08. The van der Waals surface area contributed by atoms with Gasteiger partial charge in [-0.05, 0) is 42.3 Å². The minimum absolute atomic E-state index is 0. The second-order valence-corrected chi connectivity index (χ2v) is 6.89. The predicted molar refractivity (Wildman–Crippen MR) is 131 cm³/mol. The summed E-state index contributed by atoms with van der Waals surface area (Å²) in [6, 6.07) is 11.4. The van der Waals surface area contributed by atoms with Crippen molar-refractivity contribution in [1.29, 1.82) is 0 Å². The number of hydrogen-bond acceptors (Lipinski definition) is 4. The van der Waals surface area contributed by atoms with Gasteiger partial charge >= 0.3 is 0 Å². The molecule has 0 atom stereocenters. The van der Waals surface area contributed by atoms with Crippen LogP contribution >= 0.6 is 39.9 Å². The van der Waals surface area contributed by atoms with Gasteiger partial charge in [-0.25, -0.2) is 0 Å². The van der Waals surface area contributed by atoms with Gasteiger partial charge in [-0.1, -0.05) is 28.1 Å². The molecule has 3 N–H and O–H groups in total. The van der Waals surface area contributed by atoms with Crippen LogP contribution in [-0.2, 0) is 11.3 Å². The molecule has 0 bridgehead atoms. The lowest BCUT2D eigenvalue weighted by Crippen LogP contribution is -2.41. The Morgan fingerprint density at radius 1 is 1.07 bits per heavy atom. The summed E-state index contributed by atoms with van der Waals surface area (Å²) in [4.78, 5) is 16.4. The third-order valence-electron chi connectivity index (χ3n) is 4.02. The fourth-order valence-electron chi connectivity index (χ4n) is 2.48. The Morgan fingerprint density at radius 3 is 2.45 bits per heavy atom. The molecule has 7 nitrogen and oxygen atoms in total. The number of aliphatic imine (C=N–C) groups is 1. The van der Waals surface area contributed by atoms with E-state index >= 15 is 0 Å². The van der Waals surface area contributed by atoms with Crippen molar-refractivity contribution in [3.8, 4) is 11.5 Å². The van der Waals surface area contributed by atoms with Gasteiger partial charge in [0.15, 0.2) is 17.5 Å². The van der Waals surface area contributed by atoms with E-state index in [0.29, 0.717) is 24.0 Å². The smallest absolute Gasteiger partial charge is 0.243 e. The van der Waals surface area contributed by atoms with Crippen LogP contribution in [0.3, 0.4) is 0 Å². The number of rotatable bonds is 7. The molecule has 9 heteroatoms. The van der Waals surface area contributed by atoms with E-state index in [9.17, 15) is 4.79 Å². The maximum Gasteiger partial charge on any atom is 0.243 e. The standard InChI is InChI=1S/C20H25BrN4O3.HI/c1-13-5-7-15(21)10-16(13)25-19(26)12-24-20(22-2)23-11-14-6-8-17(27-3)18(9-14)28-4;/h5-10H,11-12H2,1-4H3,(H,25,26)(H2,22,23,24);1H. The van der Waals surface area contributed by atoms with Crippen molar-refractivity contribution in [3.63, 3.8) is 0 Å². The van der Waals surface area contributed by atoms with Gasteiger partial charge in [-0.15, -0.1) is 24.0 Å². The molecule has 0 fully saturated rings. The predicted octanol–water partition coefficient (Wildman–Crippen LogP) is 3.70. The van der Waals surface area contributed by atoms with Crippen LogP contribution in [-0.4, -0.2) is 39.7 Å². The van der Waals surface area contributed by atoms with E-state index in [1.807, 2.05) is 43.3 Å². The lowest BCUT2D eigenvalue weighted by Gasteiger charge is -2.14. The van der Waals surface area contributed by atoms with Crippen molar-refractivity contribution in [3.05, 3.63) is 52.0 Å². The molecule has 29 heavy (non-hydrogen) atoms. The highest BCUT2D eigenvalue weighted by Crippen LogP contribution is 2.27. The lowest BCUT2D eigenvalue weighted by atomic mass is 10.2. The molecule has 0 aromatic heterocycles. The highest BCUT2D eigenvalue weighted by molar-refractivity contribution is 14.0. The SMILES string of the molecule is CN=C(NCC(=O)Nc1cc(Br)ccc1C)NCc1ccc(OC)c(OC)c1.I. The number of hydrogen-bond donors (Lipinski definition) is 3. The van der Waals surface area contributed by atoms with Crippen LogP contribution in [0.15, 0.2) is 45.9 Å². The quantitative estimate of drug-likeness (QED) is 0.266. The molecule has 0 aliphatic carbocycles. The summed E-state index contributed by atoms with van der Waals surface area (Å²) in [6.45, 7) is 2.56. The number of amides is 1. The van der Waals surface area contributed by atoms with Crippen molar-refractivity contribution in [1.82, 2.24) is 10.6 Å². The van der Waals surface area contributed by atoms with Crippen LogP contribution in [0.4, 0.5) is 5.69 Å². The number of carbonyl (C=O) groups excluding carboxylic acids is 1. The number of ether oxygens (including phenoxy) is 2. The molecule has 2 aromatic rings. The molecule has 0 aliphatic rings. The molecule has 0 saturated heterocycles. The number of methoxy groups -OCH3 is 2. The van der Waals surface area contributed by atoms with Gasteiger partial charge in [-0.3, -0.25) is 9.79 Å². The second kappa shape index (κ2) is 12.5. The fourth-order valence-corrected chi connectivity index (χ4v) is 2.85. The molecular formula is C20H26BrIN4O3. The van der Waals surface area contributed by atoms with Gasteiger partial charge in [0.05, 0.1) is 20.8 Å². The van der Waals surface area contributed by atoms with Crippen molar-refractivity contribution in [2.75, 3.05) is 33.1 Å². The molecule has 0 heterocycles. The van der Waals surface area contributed by atoms with Gasteiger partial charge in [0, 0.05) is 23.8 Å². The fraction of sp³-hybridized carbons (Fsp3) is 0.300. The maximum absolute atomic E-state index is 12.2. The normalized spacial score (nSPS) is 10.6. The van der Waals surface area contributed by atoms with E-state index in [-0.39, 0.29) is 36.4 Å². The molecule has 2 rings (SSSR count). The Bertz CT molecular complexity index is 862. The van der Waals surface area contributed by atoms with Gasteiger partial charge in [0.25, 0.3) is 0 Å². The van der Waals surface area contributed by atoms with Crippen LogP contribution in [0.25, 0.3) is 0 Å². The maximum atomic E-state index is 12.2. The molecule has 158 valence electrons. The summed E-state index contributed by atoms with van der Waals surface area (Å²) < 4.78 is 11.5. The highest BCUT2D eigenvalue weighted by atomic mass is 127. The van der Waals surface area contributed by atoms with E-state index in [2.05, 4.69) is 36.9 Å². The zero-order chi connectivity index (χ0) is 20.5. The number of halogens is 2. The first-order valence-electron chi connectivity index (χ1n) is 8.68. The van der Waals surface area contributed by atoms with E-state index in [1.54, 1.807) is 21.3 Å². The van der Waals surface area contributed by atoms with Crippen molar-refractivity contribution in [2.24, 2.45) is 4.99 Å². The van der Waals surface area contributed by atoms with Crippen LogP contribution in [0.1, 0.15) is 11.1 Å². The summed E-state index contributed by atoms with van der Waals surface area (Å²) in [5.74, 6) is 1.70. The van der Waals surface area contributed by atoms with Crippen LogP contribution in [0.2, 0.25) is 0 Å². The molecule has 1 amide bonds. The molecule has 2 aromatic carbocycles. The van der Waals surface area contributed by atoms with Gasteiger partial charge in [0.1, 0.15) is 0 Å². The number of anilines is 1. The van der Waals surface area contributed by atoms with Crippen LogP contribution in [0.5, 0.6) is 11.5 Å². The lowest BCUT2D eigenvalue weighted by molar-refractivity contribution is -0.115. The van der Waals surface area contributed by atoms with Crippen molar-refractivity contribution < 1.29 is 14.3 Å². The first kappa shape index (κ1) is 25.0. The number of nitrogens with one attached hydrogen (secondary N) is 3. The number of guanidine groups is 1. The van der Waals surface area contributed by atoms with E-state index < -0.39 is 0 Å². The van der Waals surface area contributed by atoms with E-state index in [1.165, 1.54) is 0 Å².